The van der Waals surface area contributed by atoms with Crippen LogP contribution >= 0.6 is 0 Å². The lowest BCUT2D eigenvalue weighted by atomic mass is 10.1. The number of hydrogen-bond acceptors (Lipinski definition) is 4. The predicted octanol–water partition coefficient (Wildman–Crippen LogP) is 4.43. The van der Waals surface area contributed by atoms with Crippen molar-refractivity contribution in [3.8, 4) is 11.1 Å². The highest BCUT2D eigenvalue weighted by Crippen LogP contribution is 2.17. The standard InChI is InChI=1S/C12H10.C10H14O4S/c1-3-7-11(8-4-1)12-9-5-2-6-10-12;1-8-3-5-10(6-4-8)15(12,13)14-7-9(2)11/h1-10H;3-6,9,11H,7H2,1-2H3. The summed E-state index contributed by atoms with van der Waals surface area (Å²) in [5.41, 5.74) is 3.53. The summed E-state index contributed by atoms with van der Waals surface area (Å²) < 4.78 is 27.7. The molecule has 1 unspecified atom stereocenters. The monoisotopic (exact) mass is 384 g/mol. The Morgan fingerprint density at radius 3 is 1.67 bits per heavy atom. The van der Waals surface area contributed by atoms with Crippen LogP contribution in [-0.2, 0) is 14.3 Å². The van der Waals surface area contributed by atoms with Crippen LogP contribution in [0.25, 0.3) is 11.1 Å². The fraction of sp³-hybridized carbons (Fsp3) is 0.182. The minimum atomic E-state index is -3.73. The third-order valence-corrected chi connectivity index (χ3v) is 4.95. The Morgan fingerprint density at radius 1 is 0.815 bits per heavy atom. The van der Waals surface area contributed by atoms with Gasteiger partial charge in [-0.05, 0) is 37.1 Å². The highest BCUT2D eigenvalue weighted by Gasteiger charge is 2.15. The van der Waals surface area contributed by atoms with E-state index in [1.807, 2.05) is 19.1 Å². The van der Waals surface area contributed by atoms with Crippen LogP contribution < -0.4 is 0 Å². The molecule has 3 aromatic carbocycles. The van der Waals surface area contributed by atoms with E-state index in [2.05, 4.69) is 52.7 Å². The van der Waals surface area contributed by atoms with Crippen molar-refractivity contribution in [1.82, 2.24) is 0 Å². The SMILES string of the molecule is Cc1ccc(S(=O)(=O)OCC(C)O)cc1.c1ccc(-c2ccccc2)cc1. The van der Waals surface area contributed by atoms with Crippen LogP contribution in [0.15, 0.2) is 89.8 Å². The second-order valence-electron chi connectivity index (χ2n) is 6.13. The fourth-order valence-electron chi connectivity index (χ4n) is 2.22. The number of aryl methyl sites for hydroxylation is 1. The van der Waals surface area contributed by atoms with Gasteiger partial charge in [0.2, 0.25) is 0 Å². The topological polar surface area (TPSA) is 63.6 Å². The molecule has 0 spiro atoms. The first-order valence-electron chi connectivity index (χ1n) is 8.63. The van der Waals surface area contributed by atoms with Crippen molar-refractivity contribution in [2.24, 2.45) is 0 Å². The normalized spacial score (nSPS) is 12.0. The van der Waals surface area contributed by atoms with Gasteiger partial charge in [-0.2, -0.15) is 8.42 Å². The number of hydrogen-bond donors (Lipinski definition) is 1. The van der Waals surface area contributed by atoms with E-state index in [9.17, 15) is 8.42 Å². The van der Waals surface area contributed by atoms with Gasteiger partial charge in [-0.25, -0.2) is 0 Å². The van der Waals surface area contributed by atoms with E-state index in [0.29, 0.717) is 0 Å². The Bertz CT molecular complexity index is 866. The molecule has 0 heterocycles. The molecule has 142 valence electrons. The van der Waals surface area contributed by atoms with Crippen LogP contribution in [0.3, 0.4) is 0 Å². The molecule has 5 heteroatoms. The molecular formula is C22H24O4S. The largest absolute Gasteiger partial charge is 0.391 e. The van der Waals surface area contributed by atoms with Gasteiger partial charge in [0.15, 0.2) is 0 Å². The van der Waals surface area contributed by atoms with Gasteiger partial charge in [0.25, 0.3) is 10.1 Å². The molecule has 0 aliphatic carbocycles. The first kappa shape index (κ1) is 20.8. The summed E-state index contributed by atoms with van der Waals surface area (Å²) in [6.07, 6.45) is -0.801. The van der Waals surface area contributed by atoms with Gasteiger partial charge in [0.1, 0.15) is 0 Å². The van der Waals surface area contributed by atoms with E-state index in [1.54, 1.807) is 12.1 Å². The summed E-state index contributed by atoms with van der Waals surface area (Å²) in [5.74, 6) is 0. The molecular weight excluding hydrogens is 360 g/mol. The molecule has 1 atom stereocenters. The molecule has 0 saturated heterocycles. The van der Waals surface area contributed by atoms with Crippen molar-refractivity contribution in [3.63, 3.8) is 0 Å². The van der Waals surface area contributed by atoms with Crippen LogP contribution in [0, 0.1) is 6.92 Å². The van der Waals surface area contributed by atoms with Crippen molar-refractivity contribution in [1.29, 1.82) is 0 Å². The second-order valence-corrected chi connectivity index (χ2v) is 7.75. The molecule has 0 aliphatic heterocycles. The van der Waals surface area contributed by atoms with Gasteiger partial charge < -0.3 is 5.11 Å². The van der Waals surface area contributed by atoms with Gasteiger partial charge in [0, 0.05) is 0 Å². The first-order valence-corrected chi connectivity index (χ1v) is 10.0. The molecule has 0 saturated carbocycles. The van der Waals surface area contributed by atoms with Crippen LogP contribution in [-0.4, -0.2) is 26.2 Å². The number of aliphatic hydroxyl groups excluding tert-OH is 1. The van der Waals surface area contributed by atoms with Gasteiger partial charge in [-0.3, -0.25) is 4.18 Å². The van der Waals surface area contributed by atoms with Crippen molar-refractivity contribution in [2.75, 3.05) is 6.61 Å². The van der Waals surface area contributed by atoms with Crippen molar-refractivity contribution in [3.05, 3.63) is 90.5 Å². The lowest BCUT2D eigenvalue weighted by molar-refractivity contribution is 0.126. The highest BCUT2D eigenvalue weighted by atomic mass is 32.2. The van der Waals surface area contributed by atoms with Gasteiger partial charge in [-0.15, -0.1) is 0 Å². The first-order chi connectivity index (χ1) is 12.9. The number of aliphatic hydroxyl groups is 1. The summed E-state index contributed by atoms with van der Waals surface area (Å²) >= 11 is 0. The second kappa shape index (κ2) is 10.0. The average Bonchev–Trinajstić information content (AvgIpc) is 2.69. The van der Waals surface area contributed by atoms with E-state index in [1.165, 1.54) is 30.2 Å². The van der Waals surface area contributed by atoms with E-state index in [-0.39, 0.29) is 11.5 Å². The minimum absolute atomic E-state index is 0.105. The third-order valence-electron chi connectivity index (χ3n) is 3.65. The summed E-state index contributed by atoms with van der Waals surface area (Å²) in [7, 11) is -3.73. The van der Waals surface area contributed by atoms with Gasteiger partial charge in [-0.1, -0.05) is 78.4 Å². The van der Waals surface area contributed by atoms with Crippen molar-refractivity contribution < 1.29 is 17.7 Å². The zero-order valence-corrected chi connectivity index (χ0v) is 16.3. The molecule has 4 nitrogen and oxygen atoms in total. The maximum absolute atomic E-state index is 11.5. The van der Waals surface area contributed by atoms with Crippen LogP contribution in [0.4, 0.5) is 0 Å². The highest BCUT2D eigenvalue weighted by molar-refractivity contribution is 7.86. The van der Waals surface area contributed by atoms with Crippen molar-refractivity contribution in [2.45, 2.75) is 24.8 Å². The molecule has 0 amide bonds. The Balaban J connectivity index is 0.000000198. The fourth-order valence-corrected chi connectivity index (χ4v) is 3.20. The molecule has 3 rings (SSSR count). The molecule has 0 aromatic heterocycles. The van der Waals surface area contributed by atoms with Gasteiger partial charge in [0.05, 0.1) is 17.6 Å². The number of rotatable bonds is 5. The molecule has 0 radical (unpaired) electrons. The van der Waals surface area contributed by atoms with Crippen LogP contribution in [0.2, 0.25) is 0 Å². The Morgan fingerprint density at radius 2 is 1.26 bits per heavy atom. The average molecular weight is 384 g/mol. The van der Waals surface area contributed by atoms with Gasteiger partial charge >= 0.3 is 0 Å². The van der Waals surface area contributed by atoms with Crippen molar-refractivity contribution >= 4 is 10.1 Å². The smallest absolute Gasteiger partial charge is 0.297 e. The summed E-state index contributed by atoms with van der Waals surface area (Å²) in [4.78, 5) is 0.105. The maximum Gasteiger partial charge on any atom is 0.297 e. The van der Waals surface area contributed by atoms with E-state index in [4.69, 9.17) is 5.11 Å². The van der Waals surface area contributed by atoms with Crippen LogP contribution in [0.5, 0.6) is 0 Å². The number of benzene rings is 3. The maximum atomic E-state index is 11.5. The Kier molecular flexibility index (Phi) is 7.73. The lowest BCUT2D eigenvalue weighted by Gasteiger charge is -2.07. The molecule has 1 N–H and O–H groups in total. The van der Waals surface area contributed by atoms with E-state index in [0.717, 1.165) is 5.56 Å². The Hall–Kier alpha value is -2.47. The lowest BCUT2D eigenvalue weighted by Crippen LogP contribution is -2.15. The zero-order chi connectivity index (χ0) is 19.7. The molecule has 3 aromatic rings. The predicted molar refractivity (Wildman–Crippen MR) is 108 cm³/mol. The summed E-state index contributed by atoms with van der Waals surface area (Å²) in [6, 6.07) is 27.1. The van der Waals surface area contributed by atoms with E-state index < -0.39 is 16.2 Å². The van der Waals surface area contributed by atoms with Crippen LogP contribution in [0.1, 0.15) is 12.5 Å². The molecule has 0 fully saturated rings. The van der Waals surface area contributed by atoms with E-state index >= 15 is 0 Å². The molecule has 0 bridgehead atoms. The zero-order valence-electron chi connectivity index (χ0n) is 15.4. The summed E-state index contributed by atoms with van der Waals surface area (Å²) in [5, 5.41) is 8.92. The third kappa shape index (κ3) is 6.98. The quantitative estimate of drug-likeness (QED) is 0.661. The molecule has 0 aliphatic rings. The Labute approximate surface area is 161 Å². The molecule has 27 heavy (non-hydrogen) atoms. The minimum Gasteiger partial charge on any atom is -0.391 e. The summed E-state index contributed by atoms with van der Waals surface area (Å²) in [6.45, 7) is 3.11.